The average molecular weight is 437 g/mol. The second-order valence-electron chi connectivity index (χ2n) is 7.18. The summed E-state index contributed by atoms with van der Waals surface area (Å²) in [7, 11) is -1.87. The van der Waals surface area contributed by atoms with Crippen LogP contribution in [-0.2, 0) is 17.1 Å². The summed E-state index contributed by atoms with van der Waals surface area (Å²) in [6.45, 7) is 1.91. The average Bonchev–Trinajstić information content (AvgIpc) is 3.30. The summed E-state index contributed by atoms with van der Waals surface area (Å²) >= 11 is 6.24. The summed E-state index contributed by atoms with van der Waals surface area (Å²) in [4.78, 5) is 8.88. The van der Waals surface area contributed by atoms with Gasteiger partial charge in [0, 0.05) is 41.3 Å². The van der Waals surface area contributed by atoms with Gasteiger partial charge in [0.1, 0.15) is 0 Å². The van der Waals surface area contributed by atoms with E-state index in [2.05, 4.69) is 9.97 Å². The van der Waals surface area contributed by atoms with Crippen molar-refractivity contribution in [3.05, 3.63) is 77.8 Å². The largest absolute Gasteiger partial charge is 0.350 e. The number of aromatic nitrogens is 4. The first-order chi connectivity index (χ1) is 14.4. The fourth-order valence-electron chi connectivity index (χ4n) is 3.72. The summed E-state index contributed by atoms with van der Waals surface area (Å²) in [6, 6.07) is 16.4. The van der Waals surface area contributed by atoms with Crippen molar-refractivity contribution in [1.82, 2.24) is 18.5 Å². The first kappa shape index (κ1) is 18.8. The molecule has 0 radical (unpaired) electrons. The van der Waals surface area contributed by atoms with Gasteiger partial charge in [0.2, 0.25) is 5.28 Å². The predicted octanol–water partition coefficient (Wildman–Crippen LogP) is 4.79. The van der Waals surface area contributed by atoms with Gasteiger partial charge in [-0.3, -0.25) is 0 Å². The number of hydrogen-bond acceptors (Lipinski definition) is 4. The van der Waals surface area contributed by atoms with Crippen molar-refractivity contribution in [2.24, 2.45) is 7.05 Å². The Kier molecular flexibility index (Phi) is 4.20. The molecule has 6 nitrogen and oxygen atoms in total. The minimum Gasteiger partial charge on any atom is -0.350 e. The highest BCUT2D eigenvalue weighted by Gasteiger charge is 2.23. The molecule has 0 unspecified atom stereocenters. The summed E-state index contributed by atoms with van der Waals surface area (Å²) in [5, 5.41) is 1.61. The third-order valence-corrected chi connectivity index (χ3v) is 7.06. The molecule has 5 aromatic rings. The maximum Gasteiger partial charge on any atom is 0.269 e. The van der Waals surface area contributed by atoms with E-state index in [1.807, 2.05) is 49.0 Å². The van der Waals surface area contributed by atoms with Gasteiger partial charge in [-0.25, -0.2) is 17.4 Å². The number of fused-ring (bicyclic) bond motifs is 2. The fraction of sp³-hybridized carbons (Fsp3) is 0.0909. The van der Waals surface area contributed by atoms with E-state index in [-0.39, 0.29) is 15.8 Å². The highest BCUT2D eigenvalue weighted by molar-refractivity contribution is 7.90. The monoisotopic (exact) mass is 436 g/mol. The molecule has 0 aliphatic rings. The molecule has 150 valence electrons. The molecule has 0 bridgehead atoms. The molecular formula is C22H17ClN4O2S. The molecule has 0 aliphatic heterocycles. The number of nitrogens with zero attached hydrogens (tertiary/aromatic N) is 4. The van der Waals surface area contributed by atoms with Gasteiger partial charge in [0.15, 0.2) is 5.65 Å². The molecule has 3 heterocycles. The quantitative estimate of drug-likeness (QED) is 0.381. The summed E-state index contributed by atoms with van der Waals surface area (Å²) < 4.78 is 29.7. The van der Waals surface area contributed by atoms with Gasteiger partial charge in [-0.2, -0.15) is 4.98 Å². The molecule has 8 heteroatoms. The number of benzene rings is 2. The summed E-state index contributed by atoms with van der Waals surface area (Å²) in [5.74, 6) is 0. The number of aryl methyl sites for hydroxylation is 2. The van der Waals surface area contributed by atoms with E-state index in [1.54, 1.807) is 30.3 Å². The van der Waals surface area contributed by atoms with E-state index in [0.717, 1.165) is 26.0 Å². The van der Waals surface area contributed by atoms with Crippen molar-refractivity contribution in [3.8, 4) is 11.3 Å². The molecule has 0 fully saturated rings. The van der Waals surface area contributed by atoms with Crippen molar-refractivity contribution < 1.29 is 8.42 Å². The minimum absolute atomic E-state index is 0.00973. The van der Waals surface area contributed by atoms with Crippen molar-refractivity contribution in [2.45, 2.75) is 11.8 Å². The molecule has 0 spiro atoms. The minimum atomic E-state index is -3.83. The van der Waals surface area contributed by atoms with Gasteiger partial charge in [0.05, 0.1) is 10.6 Å². The molecule has 0 aliphatic carbocycles. The lowest BCUT2D eigenvalue weighted by Gasteiger charge is -2.08. The zero-order chi connectivity index (χ0) is 21.0. The molecule has 3 aromatic heterocycles. The zero-order valence-electron chi connectivity index (χ0n) is 16.2. The topological polar surface area (TPSA) is 69.8 Å². The van der Waals surface area contributed by atoms with Crippen LogP contribution < -0.4 is 0 Å². The molecule has 0 atom stereocenters. The van der Waals surface area contributed by atoms with Crippen LogP contribution in [0.1, 0.15) is 5.56 Å². The van der Waals surface area contributed by atoms with Crippen molar-refractivity contribution in [3.63, 3.8) is 0 Å². The molecule has 0 saturated carbocycles. The van der Waals surface area contributed by atoms with Crippen LogP contribution in [0.15, 0.2) is 71.9 Å². The van der Waals surface area contributed by atoms with Gasteiger partial charge in [-0.15, -0.1) is 0 Å². The zero-order valence-corrected chi connectivity index (χ0v) is 17.8. The maximum absolute atomic E-state index is 13.3. The SMILES string of the molecule is Cc1ccc(S(=O)(=O)n2ccc3c(-c4cn(C)c5ccccc45)nc(Cl)nc32)cc1. The van der Waals surface area contributed by atoms with Crippen LogP contribution in [-0.4, -0.2) is 26.9 Å². The Labute approximate surface area is 178 Å². The number of hydrogen-bond donors (Lipinski definition) is 0. The number of halogens is 1. The van der Waals surface area contributed by atoms with E-state index in [9.17, 15) is 8.42 Å². The molecule has 30 heavy (non-hydrogen) atoms. The normalized spacial score (nSPS) is 12.1. The molecule has 0 N–H and O–H groups in total. The van der Waals surface area contributed by atoms with Crippen molar-refractivity contribution in [1.29, 1.82) is 0 Å². The summed E-state index contributed by atoms with van der Waals surface area (Å²) in [6.07, 6.45) is 3.47. The van der Waals surface area contributed by atoms with Gasteiger partial charge in [-0.05, 0) is 42.8 Å². The lowest BCUT2D eigenvalue weighted by molar-refractivity contribution is 0.588. The van der Waals surface area contributed by atoms with Crippen LogP contribution in [0, 0.1) is 6.92 Å². The Hall–Kier alpha value is -3.16. The van der Waals surface area contributed by atoms with Crippen LogP contribution >= 0.6 is 11.6 Å². The lowest BCUT2D eigenvalue weighted by Crippen LogP contribution is -2.12. The highest BCUT2D eigenvalue weighted by Crippen LogP contribution is 2.35. The van der Waals surface area contributed by atoms with E-state index < -0.39 is 10.0 Å². The number of para-hydroxylation sites is 1. The third kappa shape index (κ3) is 2.81. The van der Waals surface area contributed by atoms with Gasteiger partial charge < -0.3 is 4.57 Å². The smallest absolute Gasteiger partial charge is 0.269 e. The molecule has 0 amide bonds. The molecule has 5 rings (SSSR count). The predicted molar refractivity (Wildman–Crippen MR) is 118 cm³/mol. The molecule has 0 saturated heterocycles. The van der Waals surface area contributed by atoms with Crippen LogP contribution in [0.5, 0.6) is 0 Å². The fourth-order valence-corrected chi connectivity index (χ4v) is 5.18. The Bertz CT molecular complexity index is 1530. The van der Waals surface area contributed by atoms with Gasteiger partial charge in [-0.1, -0.05) is 35.9 Å². The van der Waals surface area contributed by atoms with Gasteiger partial charge in [0.25, 0.3) is 10.0 Å². The Morgan fingerprint density at radius 2 is 1.67 bits per heavy atom. The Balaban J connectivity index is 1.78. The van der Waals surface area contributed by atoms with Crippen molar-refractivity contribution >= 4 is 43.6 Å². The highest BCUT2D eigenvalue weighted by atomic mass is 35.5. The third-order valence-electron chi connectivity index (χ3n) is 5.21. The maximum atomic E-state index is 13.3. The Morgan fingerprint density at radius 3 is 2.43 bits per heavy atom. The lowest BCUT2D eigenvalue weighted by atomic mass is 10.1. The first-order valence-electron chi connectivity index (χ1n) is 9.27. The van der Waals surface area contributed by atoms with Crippen LogP contribution in [0.3, 0.4) is 0 Å². The molecule has 2 aromatic carbocycles. The van der Waals surface area contributed by atoms with Crippen LogP contribution in [0.25, 0.3) is 33.2 Å². The number of rotatable bonds is 3. The van der Waals surface area contributed by atoms with Crippen LogP contribution in [0.4, 0.5) is 0 Å². The van der Waals surface area contributed by atoms with E-state index >= 15 is 0 Å². The second-order valence-corrected chi connectivity index (χ2v) is 9.33. The van der Waals surface area contributed by atoms with E-state index in [4.69, 9.17) is 11.6 Å². The molecular weight excluding hydrogens is 420 g/mol. The van der Waals surface area contributed by atoms with Crippen LogP contribution in [0.2, 0.25) is 5.28 Å². The second kappa shape index (κ2) is 6.68. The standard InChI is InChI=1S/C22H17ClN4O2S/c1-14-7-9-15(10-8-14)30(28,29)27-12-11-17-20(24-22(23)25-21(17)27)18-13-26(2)19-6-4-3-5-16(18)19/h3-13H,1-2H3. The first-order valence-corrected chi connectivity index (χ1v) is 11.1. The van der Waals surface area contributed by atoms with Crippen molar-refractivity contribution in [2.75, 3.05) is 0 Å². The van der Waals surface area contributed by atoms with E-state index in [1.165, 1.54) is 6.20 Å². The van der Waals surface area contributed by atoms with Gasteiger partial charge >= 0.3 is 0 Å². The summed E-state index contributed by atoms with van der Waals surface area (Å²) in [5.41, 5.74) is 3.74. The Morgan fingerprint density at radius 1 is 0.933 bits per heavy atom. The van der Waals surface area contributed by atoms with E-state index in [0.29, 0.717) is 11.1 Å².